The molecule has 0 saturated carbocycles. The van der Waals surface area contributed by atoms with E-state index in [0.717, 1.165) is 0 Å². The van der Waals surface area contributed by atoms with Crippen molar-refractivity contribution < 1.29 is 4.09 Å². The van der Waals surface area contributed by atoms with Crippen molar-refractivity contribution in [2.75, 3.05) is 0 Å². The molecular formula is C4H6ClN2+. The highest BCUT2D eigenvalue weighted by Crippen LogP contribution is 1.75. The molecule has 2 nitrogen and oxygen atoms in total. The molecule has 7 heavy (non-hydrogen) atoms. The number of aromatic nitrogens is 2. The summed E-state index contributed by atoms with van der Waals surface area (Å²) in [6.07, 6.45) is 5.40. The number of halogens is 1. The largest absolute Gasteiger partial charge is 0.261 e. The first-order chi connectivity index (χ1) is 3.29. The number of rotatable bonds is 0. The minimum atomic E-state index is 1.47. The van der Waals surface area contributed by atoms with Crippen molar-refractivity contribution in [3.05, 3.63) is 18.7 Å². The molecule has 1 aromatic heterocycles. The fraction of sp³-hybridized carbons (Fsp3) is 0.250. The molecule has 0 aliphatic carbocycles. The first-order valence-corrected chi connectivity index (χ1v) is 2.32. The maximum Gasteiger partial charge on any atom is 0.261 e. The summed E-state index contributed by atoms with van der Waals surface area (Å²) in [7, 11) is 1.92. The first kappa shape index (κ1) is 4.65. The van der Waals surface area contributed by atoms with Crippen LogP contribution in [0.15, 0.2) is 18.7 Å². The Morgan fingerprint density at radius 1 is 1.71 bits per heavy atom. The van der Waals surface area contributed by atoms with Crippen molar-refractivity contribution in [1.29, 1.82) is 0 Å². The van der Waals surface area contributed by atoms with Crippen LogP contribution in [0, 0.1) is 0 Å². The summed E-state index contributed by atoms with van der Waals surface area (Å²) in [6.45, 7) is 0. The molecule has 0 aliphatic heterocycles. The molecule has 0 N–H and O–H groups in total. The van der Waals surface area contributed by atoms with E-state index in [1.807, 2.05) is 17.8 Å². The predicted octanol–water partition coefficient (Wildman–Crippen LogP) is 0.314. The van der Waals surface area contributed by atoms with Gasteiger partial charge in [-0.3, -0.25) is 0 Å². The Kier molecular flexibility index (Phi) is 1.02. The third-order valence-electron chi connectivity index (χ3n) is 0.737. The molecule has 0 saturated heterocycles. The molecule has 0 fully saturated rings. The van der Waals surface area contributed by atoms with E-state index in [-0.39, 0.29) is 0 Å². The second kappa shape index (κ2) is 1.54. The molecule has 0 aliphatic rings. The lowest BCUT2D eigenvalue weighted by molar-refractivity contribution is -0.518. The van der Waals surface area contributed by atoms with E-state index in [1.165, 1.54) is 4.09 Å². The Bertz CT molecular complexity index is 142. The summed E-state index contributed by atoms with van der Waals surface area (Å²) < 4.78 is 3.34. The van der Waals surface area contributed by atoms with Crippen LogP contribution in [0.5, 0.6) is 0 Å². The van der Waals surface area contributed by atoms with Gasteiger partial charge in [0, 0.05) is 0 Å². The van der Waals surface area contributed by atoms with Crippen molar-refractivity contribution >= 4 is 11.8 Å². The second-order valence-electron chi connectivity index (χ2n) is 1.42. The van der Waals surface area contributed by atoms with E-state index in [4.69, 9.17) is 11.8 Å². The summed E-state index contributed by atoms with van der Waals surface area (Å²) >= 11 is 5.46. The summed E-state index contributed by atoms with van der Waals surface area (Å²) in [5.74, 6) is 0. The number of hydrogen-bond donors (Lipinski definition) is 0. The van der Waals surface area contributed by atoms with Crippen molar-refractivity contribution in [3.63, 3.8) is 0 Å². The third kappa shape index (κ3) is 0.933. The standard InChI is InChI=1S/C4H6ClN2/c1-6-2-3-7(5)4-6/h2-4H,1H3/q+1. The molecule has 0 spiro atoms. The van der Waals surface area contributed by atoms with Crippen LogP contribution < -0.4 is 4.09 Å². The van der Waals surface area contributed by atoms with E-state index in [2.05, 4.69) is 0 Å². The van der Waals surface area contributed by atoms with Gasteiger partial charge in [-0.1, -0.05) is 0 Å². The highest BCUT2D eigenvalue weighted by atomic mass is 35.5. The average molecular weight is 118 g/mol. The third-order valence-corrected chi connectivity index (χ3v) is 0.937. The summed E-state index contributed by atoms with van der Waals surface area (Å²) in [5.41, 5.74) is 0. The molecule has 0 radical (unpaired) electrons. The van der Waals surface area contributed by atoms with Gasteiger partial charge in [0.2, 0.25) is 0 Å². The maximum atomic E-state index is 5.46. The molecule has 0 amide bonds. The Labute approximate surface area is 47.1 Å². The Morgan fingerprint density at radius 2 is 2.43 bits per heavy atom. The van der Waals surface area contributed by atoms with Crippen LogP contribution in [-0.2, 0) is 7.05 Å². The quantitative estimate of drug-likeness (QED) is 0.463. The van der Waals surface area contributed by atoms with Crippen molar-refractivity contribution in [1.82, 2.24) is 4.57 Å². The number of imidazole rings is 1. The molecular weight excluding hydrogens is 112 g/mol. The summed E-state index contributed by atoms with van der Waals surface area (Å²) in [6, 6.07) is 0. The highest BCUT2D eigenvalue weighted by Gasteiger charge is 1.90. The van der Waals surface area contributed by atoms with Crippen molar-refractivity contribution in [2.45, 2.75) is 0 Å². The highest BCUT2D eigenvalue weighted by molar-refractivity contribution is 6.04. The van der Waals surface area contributed by atoms with Crippen LogP contribution in [0.1, 0.15) is 0 Å². The molecule has 38 valence electrons. The Hall–Kier alpha value is -0.500. The lowest BCUT2D eigenvalue weighted by Gasteiger charge is -1.69. The van der Waals surface area contributed by atoms with Gasteiger partial charge < -0.3 is 0 Å². The van der Waals surface area contributed by atoms with E-state index < -0.39 is 0 Å². The molecule has 0 unspecified atom stereocenters. The molecule has 0 aromatic carbocycles. The van der Waals surface area contributed by atoms with E-state index in [9.17, 15) is 0 Å². The number of aryl methyl sites for hydroxylation is 1. The van der Waals surface area contributed by atoms with Crippen LogP contribution in [0.3, 0.4) is 0 Å². The Balaban J connectivity index is 3.04. The normalized spacial score (nSPS) is 9.43. The number of nitrogens with zero attached hydrogens (tertiary/aromatic N) is 2. The fourth-order valence-electron chi connectivity index (χ4n) is 0.420. The predicted molar refractivity (Wildman–Crippen MR) is 26.9 cm³/mol. The zero-order valence-corrected chi connectivity index (χ0v) is 4.76. The topological polar surface area (TPSA) is 8.81 Å². The zero-order chi connectivity index (χ0) is 5.28. The summed E-state index contributed by atoms with van der Waals surface area (Å²) in [5, 5.41) is 0. The molecule has 0 bridgehead atoms. The SMILES string of the molecule is Cn1cc[n+](Cl)c1. The van der Waals surface area contributed by atoms with Gasteiger partial charge in [-0.05, 0) is 0 Å². The van der Waals surface area contributed by atoms with Gasteiger partial charge in [-0.15, -0.1) is 4.09 Å². The molecule has 1 aromatic rings. The van der Waals surface area contributed by atoms with Crippen LogP contribution in [-0.4, -0.2) is 4.57 Å². The van der Waals surface area contributed by atoms with E-state index >= 15 is 0 Å². The molecule has 0 atom stereocenters. The average Bonchev–Trinajstić information content (AvgIpc) is 1.87. The van der Waals surface area contributed by atoms with Gasteiger partial charge in [0.1, 0.15) is 24.2 Å². The minimum Gasteiger partial charge on any atom is -0.238 e. The zero-order valence-electron chi connectivity index (χ0n) is 4.00. The van der Waals surface area contributed by atoms with Gasteiger partial charge in [0.25, 0.3) is 6.33 Å². The lowest BCUT2D eigenvalue weighted by Crippen LogP contribution is -2.14. The van der Waals surface area contributed by atoms with Crippen LogP contribution in [0.4, 0.5) is 0 Å². The molecule has 3 heteroatoms. The van der Waals surface area contributed by atoms with Gasteiger partial charge in [-0.2, -0.15) is 0 Å². The van der Waals surface area contributed by atoms with Gasteiger partial charge in [0.15, 0.2) is 0 Å². The first-order valence-electron chi connectivity index (χ1n) is 1.98. The van der Waals surface area contributed by atoms with Crippen LogP contribution in [0.2, 0.25) is 0 Å². The Morgan fingerprint density at radius 3 is 2.57 bits per heavy atom. The minimum absolute atomic E-state index is 1.47. The van der Waals surface area contributed by atoms with Crippen LogP contribution >= 0.6 is 11.8 Å². The summed E-state index contributed by atoms with van der Waals surface area (Å²) in [4.78, 5) is 0. The maximum absolute atomic E-state index is 5.46. The lowest BCUT2D eigenvalue weighted by atomic mass is 10.9. The van der Waals surface area contributed by atoms with Crippen LogP contribution in [0.25, 0.3) is 0 Å². The monoisotopic (exact) mass is 117 g/mol. The fourth-order valence-corrected chi connectivity index (χ4v) is 0.608. The molecule has 1 rings (SSSR count). The van der Waals surface area contributed by atoms with E-state index in [0.29, 0.717) is 0 Å². The van der Waals surface area contributed by atoms with Gasteiger partial charge in [0.05, 0.1) is 7.05 Å². The van der Waals surface area contributed by atoms with Crippen molar-refractivity contribution in [3.8, 4) is 0 Å². The number of hydrogen-bond acceptors (Lipinski definition) is 0. The van der Waals surface area contributed by atoms with Gasteiger partial charge in [-0.25, -0.2) is 4.57 Å². The molecule has 1 heterocycles. The smallest absolute Gasteiger partial charge is 0.238 e. The van der Waals surface area contributed by atoms with Gasteiger partial charge >= 0.3 is 0 Å². The van der Waals surface area contributed by atoms with Crippen molar-refractivity contribution in [2.24, 2.45) is 7.05 Å². The van der Waals surface area contributed by atoms with E-state index in [1.54, 1.807) is 12.5 Å². The second-order valence-corrected chi connectivity index (χ2v) is 1.81.